The second kappa shape index (κ2) is 7.18. The number of anilines is 1. The molecule has 0 aliphatic carbocycles. The average molecular weight is 370 g/mol. The fourth-order valence-electron chi connectivity index (χ4n) is 2.97. The Morgan fingerprint density at radius 3 is 2.81 bits per heavy atom. The summed E-state index contributed by atoms with van der Waals surface area (Å²) in [5.74, 6) is 0.255. The summed E-state index contributed by atoms with van der Waals surface area (Å²) in [6.45, 7) is 0.306. The van der Waals surface area contributed by atoms with Crippen LogP contribution < -0.4 is 9.04 Å². The van der Waals surface area contributed by atoms with Gasteiger partial charge in [0.2, 0.25) is 10.0 Å². The van der Waals surface area contributed by atoms with E-state index in [0.29, 0.717) is 29.1 Å². The zero-order valence-corrected chi connectivity index (χ0v) is 15.1. The molecular weight excluding hydrogens is 352 g/mol. The lowest BCUT2D eigenvalue weighted by Gasteiger charge is -2.29. The molecule has 0 saturated heterocycles. The summed E-state index contributed by atoms with van der Waals surface area (Å²) in [5, 5.41) is 8.89. The van der Waals surface area contributed by atoms with E-state index in [9.17, 15) is 13.2 Å². The number of nitrogens with zero attached hydrogens (tertiary/aromatic N) is 2. The second-order valence-electron chi connectivity index (χ2n) is 6.13. The standard InChI is InChI=1S/C19H18N2O4S/c1-26(23,24)21-9-3-5-15-11-16(7-8-18(15)21)19(22)13-25-17-6-2-4-14(10-17)12-20/h2,4,6-8,10-11H,3,5,9,13H2,1H3. The van der Waals surface area contributed by atoms with E-state index in [-0.39, 0.29) is 12.4 Å². The van der Waals surface area contributed by atoms with Gasteiger partial charge in [-0.25, -0.2) is 8.42 Å². The van der Waals surface area contributed by atoms with Crippen LogP contribution in [0.15, 0.2) is 42.5 Å². The lowest BCUT2D eigenvalue weighted by atomic mass is 9.99. The van der Waals surface area contributed by atoms with Gasteiger partial charge in [0.1, 0.15) is 5.75 Å². The number of nitriles is 1. The summed E-state index contributed by atoms with van der Waals surface area (Å²) in [4.78, 5) is 12.4. The van der Waals surface area contributed by atoms with E-state index >= 15 is 0 Å². The summed E-state index contributed by atoms with van der Waals surface area (Å²) in [6.07, 6.45) is 2.63. The predicted octanol–water partition coefficient (Wildman–Crippen LogP) is 2.53. The molecule has 0 amide bonds. The molecule has 0 spiro atoms. The molecule has 0 radical (unpaired) electrons. The van der Waals surface area contributed by atoms with E-state index < -0.39 is 10.0 Å². The zero-order valence-electron chi connectivity index (χ0n) is 14.3. The molecule has 1 aliphatic rings. The molecule has 0 N–H and O–H groups in total. The minimum absolute atomic E-state index is 0.149. The van der Waals surface area contributed by atoms with Gasteiger partial charge >= 0.3 is 0 Å². The van der Waals surface area contributed by atoms with Gasteiger partial charge in [0.05, 0.1) is 23.6 Å². The third kappa shape index (κ3) is 3.86. The normalized spacial score (nSPS) is 13.6. The molecule has 2 aromatic rings. The van der Waals surface area contributed by atoms with Gasteiger partial charge in [-0.2, -0.15) is 5.26 Å². The van der Waals surface area contributed by atoms with Crippen molar-refractivity contribution in [1.82, 2.24) is 0 Å². The number of sulfonamides is 1. The first-order valence-electron chi connectivity index (χ1n) is 8.15. The van der Waals surface area contributed by atoms with E-state index in [0.717, 1.165) is 18.4 Å². The highest BCUT2D eigenvalue weighted by atomic mass is 32.2. The van der Waals surface area contributed by atoms with Crippen LogP contribution in [0.2, 0.25) is 0 Å². The number of hydrogen-bond donors (Lipinski definition) is 0. The fourth-order valence-corrected chi connectivity index (χ4v) is 3.96. The monoisotopic (exact) mass is 370 g/mol. The largest absolute Gasteiger partial charge is 0.485 e. The molecule has 0 saturated carbocycles. The number of carbonyl (C=O) groups excluding carboxylic acids is 1. The number of benzene rings is 2. The van der Waals surface area contributed by atoms with Crippen LogP contribution in [0.5, 0.6) is 5.75 Å². The smallest absolute Gasteiger partial charge is 0.232 e. The molecule has 26 heavy (non-hydrogen) atoms. The minimum Gasteiger partial charge on any atom is -0.485 e. The van der Waals surface area contributed by atoms with Crippen LogP contribution >= 0.6 is 0 Å². The molecule has 0 aromatic heterocycles. The van der Waals surface area contributed by atoms with Crippen molar-refractivity contribution in [3.8, 4) is 11.8 Å². The van der Waals surface area contributed by atoms with Crippen LogP contribution in [-0.4, -0.2) is 33.6 Å². The first kappa shape index (κ1) is 18.0. The van der Waals surface area contributed by atoms with Crippen molar-refractivity contribution in [1.29, 1.82) is 5.26 Å². The van der Waals surface area contributed by atoms with Gasteiger partial charge in [-0.3, -0.25) is 9.10 Å². The molecule has 3 rings (SSSR count). The minimum atomic E-state index is -3.33. The highest BCUT2D eigenvalue weighted by molar-refractivity contribution is 7.92. The highest BCUT2D eigenvalue weighted by Crippen LogP contribution is 2.30. The number of hydrogen-bond acceptors (Lipinski definition) is 5. The molecule has 2 aromatic carbocycles. The number of ether oxygens (including phenoxy) is 1. The van der Waals surface area contributed by atoms with E-state index in [1.54, 1.807) is 42.5 Å². The maximum Gasteiger partial charge on any atom is 0.232 e. The van der Waals surface area contributed by atoms with Gasteiger partial charge in [-0.1, -0.05) is 6.07 Å². The number of fused-ring (bicyclic) bond motifs is 1. The predicted molar refractivity (Wildman–Crippen MR) is 97.9 cm³/mol. The van der Waals surface area contributed by atoms with Crippen molar-refractivity contribution >= 4 is 21.5 Å². The summed E-state index contributed by atoms with van der Waals surface area (Å²) in [7, 11) is -3.33. The number of rotatable bonds is 5. The Balaban J connectivity index is 1.76. The summed E-state index contributed by atoms with van der Waals surface area (Å²) in [6, 6.07) is 13.7. The SMILES string of the molecule is CS(=O)(=O)N1CCCc2cc(C(=O)COc3cccc(C#N)c3)ccc21. The third-order valence-corrected chi connectivity index (χ3v) is 5.39. The van der Waals surface area contributed by atoms with Crippen molar-refractivity contribution in [2.24, 2.45) is 0 Å². The van der Waals surface area contributed by atoms with Crippen molar-refractivity contribution in [3.05, 3.63) is 59.2 Å². The van der Waals surface area contributed by atoms with Crippen LogP contribution in [0.1, 0.15) is 27.9 Å². The topological polar surface area (TPSA) is 87.5 Å². The number of Topliss-reactive ketones (excluding diaryl/α,β-unsaturated/α-hetero) is 1. The molecule has 6 nitrogen and oxygen atoms in total. The molecule has 1 heterocycles. The van der Waals surface area contributed by atoms with Gasteiger partial charge in [-0.05, 0) is 54.8 Å². The van der Waals surface area contributed by atoms with Gasteiger partial charge < -0.3 is 4.74 Å². The van der Waals surface area contributed by atoms with E-state index in [4.69, 9.17) is 10.00 Å². The van der Waals surface area contributed by atoms with Crippen LogP contribution in [0.3, 0.4) is 0 Å². The Morgan fingerprint density at radius 2 is 2.08 bits per heavy atom. The average Bonchev–Trinajstić information content (AvgIpc) is 2.64. The molecule has 0 atom stereocenters. The van der Waals surface area contributed by atoms with Crippen LogP contribution in [0.4, 0.5) is 5.69 Å². The van der Waals surface area contributed by atoms with Gasteiger partial charge in [0, 0.05) is 12.1 Å². The van der Waals surface area contributed by atoms with E-state index in [1.165, 1.54) is 10.6 Å². The summed E-state index contributed by atoms with van der Waals surface area (Å²) >= 11 is 0. The van der Waals surface area contributed by atoms with Crippen LogP contribution in [0, 0.1) is 11.3 Å². The first-order valence-corrected chi connectivity index (χ1v) is 10.00. The number of carbonyl (C=O) groups is 1. The number of aryl methyl sites for hydroxylation is 1. The lowest BCUT2D eigenvalue weighted by molar-refractivity contribution is 0.0921. The molecule has 0 bridgehead atoms. The Morgan fingerprint density at radius 1 is 1.27 bits per heavy atom. The van der Waals surface area contributed by atoms with Crippen molar-refractivity contribution in [2.45, 2.75) is 12.8 Å². The quantitative estimate of drug-likeness (QED) is 0.755. The molecule has 0 unspecified atom stereocenters. The van der Waals surface area contributed by atoms with Crippen molar-refractivity contribution in [2.75, 3.05) is 23.7 Å². The van der Waals surface area contributed by atoms with Gasteiger partial charge in [0.25, 0.3) is 0 Å². The Kier molecular flexibility index (Phi) is 4.96. The molecule has 134 valence electrons. The first-order chi connectivity index (χ1) is 12.4. The van der Waals surface area contributed by atoms with Crippen molar-refractivity contribution < 1.29 is 17.9 Å². The maximum absolute atomic E-state index is 12.4. The molecule has 0 fully saturated rings. The summed E-state index contributed by atoms with van der Waals surface area (Å²) < 4.78 is 30.6. The van der Waals surface area contributed by atoms with Gasteiger partial charge in [-0.15, -0.1) is 0 Å². The molecule has 7 heteroatoms. The van der Waals surface area contributed by atoms with E-state index in [2.05, 4.69) is 0 Å². The van der Waals surface area contributed by atoms with Crippen LogP contribution in [-0.2, 0) is 16.4 Å². The lowest BCUT2D eigenvalue weighted by Crippen LogP contribution is -2.34. The van der Waals surface area contributed by atoms with Gasteiger partial charge in [0.15, 0.2) is 12.4 Å². The Labute approximate surface area is 152 Å². The molecular formula is C19H18N2O4S. The van der Waals surface area contributed by atoms with Crippen LogP contribution in [0.25, 0.3) is 0 Å². The molecule has 1 aliphatic heterocycles. The van der Waals surface area contributed by atoms with E-state index in [1.807, 2.05) is 6.07 Å². The Bertz CT molecular complexity index is 993. The second-order valence-corrected chi connectivity index (χ2v) is 8.04. The fraction of sp³-hybridized carbons (Fsp3) is 0.263. The zero-order chi connectivity index (χ0) is 18.7. The maximum atomic E-state index is 12.4. The third-order valence-electron chi connectivity index (χ3n) is 4.21. The van der Waals surface area contributed by atoms with Crippen molar-refractivity contribution in [3.63, 3.8) is 0 Å². The Hall–Kier alpha value is -2.85. The highest BCUT2D eigenvalue weighted by Gasteiger charge is 2.24. The summed E-state index contributed by atoms with van der Waals surface area (Å²) in [5.41, 5.74) is 2.43. The number of ketones is 1.